The summed E-state index contributed by atoms with van der Waals surface area (Å²) >= 11 is 1.41. The predicted molar refractivity (Wildman–Crippen MR) is 149 cm³/mol. The Morgan fingerprint density at radius 2 is 1.61 bits per heavy atom. The average molecular weight is 581 g/mol. The Morgan fingerprint density at radius 1 is 1.00 bits per heavy atom. The zero-order valence-electron chi connectivity index (χ0n) is 22.0. The van der Waals surface area contributed by atoms with Gasteiger partial charge in [-0.15, -0.1) is 11.8 Å². The van der Waals surface area contributed by atoms with Crippen LogP contribution in [0.25, 0.3) is 0 Å². The molecule has 2 unspecified atom stereocenters. The van der Waals surface area contributed by atoms with Gasteiger partial charge in [-0.25, -0.2) is 14.4 Å². The maximum Gasteiger partial charge on any atom is 0.411 e. The van der Waals surface area contributed by atoms with Crippen LogP contribution in [0.3, 0.4) is 0 Å². The van der Waals surface area contributed by atoms with Crippen molar-refractivity contribution in [2.75, 3.05) is 13.7 Å². The molecule has 1 aliphatic heterocycles. The lowest BCUT2D eigenvalue weighted by molar-refractivity contribution is -0.384. The highest BCUT2D eigenvalue weighted by atomic mass is 32.2. The molecule has 1 amide bonds. The summed E-state index contributed by atoms with van der Waals surface area (Å²) < 4.78 is 16.6. The van der Waals surface area contributed by atoms with Gasteiger partial charge in [-0.1, -0.05) is 60.7 Å². The van der Waals surface area contributed by atoms with Crippen molar-refractivity contribution >= 4 is 35.5 Å². The number of carboxylic acids is 1. The number of benzene rings is 3. The third kappa shape index (κ3) is 7.62. The maximum atomic E-state index is 13.3. The van der Waals surface area contributed by atoms with Crippen molar-refractivity contribution in [3.63, 3.8) is 0 Å². The minimum atomic E-state index is -1.46. The molecule has 4 rings (SSSR count). The topological polar surface area (TPSA) is 146 Å². The van der Waals surface area contributed by atoms with Crippen molar-refractivity contribution in [1.29, 1.82) is 0 Å². The first-order chi connectivity index (χ1) is 19.8. The Kier molecular flexibility index (Phi) is 9.93. The first kappa shape index (κ1) is 29.6. The standard InChI is InChI=1S/C29H28N2O9S/c1-38-28(21-10-6-3-7-11-21)41-23-16-24(26(32)33)30(17-23)29(35)40-25(20-8-4-2-5-9-20)27(34)39-18-19-12-14-22(15-13-19)31(36)37/h2-15,23-25,28H,16-18H2,1H3,(H,32,33)/t23-,24-,25?,28?/m0/s1. The van der Waals surface area contributed by atoms with Gasteiger partial charge in [-0.3, -0.25) is 15.0 Å². The van der Waals surface area contributed by atoms with Crippen LogP contribution in [0.4, 0.5) is 10.5 Å². The second-order valence-corrected chi connectivity index (χ2v) is 10.6. The van der Waals surface area contributed by atoms with E-state index in [-0.39, 0.29) is 35.9 Å². The molecule has 0 aliphatic carbocycles. The van der Waals surface area contributed by atoms with Gasteiger partial charge in [-0.2, -0.15) is 0 Å². The number of non-ortho nitro benzene ring substituents is 1. The Hall–Kier alpha value is -4.42. The molecule has 1 heterocycles. The monoisotopic (exact) mass is 580 g/mol. The Balaban J connectivity index is 1.46. The number of thioether (sulfide) groups is 1. The predicted octanol–water partition coefficient (Wildman–Crippen LogP) is 5.12. The summed E-state index contributed by atoms with van der Waals surface area (Å²) in [6, 6.07) is 22.0. The molecule has 4 atom stereocenters. The van der Waals surface area contributed by atoms with E-state index in [1.807, 2.05) is 30.3 Å². The highest BCUT2D eigenvalue weighted by Gasteiger charge is 2.43. The van der Waals surface area contributed by atoms with E-state index < -0.39 is 35.1 Å². The van der Waals surface area contributed by atoms with Gasteiger partial charge < -0.3 is 19.3 Å². The van der Waals surface area contributed by atoms with Gasteiger partial charge >= 0.3 is 18.0 Å². The minimum absolute atomic E-state index is 0.0759. The van der Waals surface area contributed by atoms with Crippen LogP contribution < -0.4 is 0 Å². The van der Waals surface area contributed by atoms with Gasteiger partial charge in [0, 0.05) is 36.6 Å². The van der Waals surface area contributed by atoms with E-state index in [2.05, 4.69) is 0 Å². The van der Waals surface area contributed by atoms with E-state index >= 15 is 0 Å². The Bertz CT molecular complexity index is 1360. The molecule has 0 bridgehead atoms. The molecule has 3 aromatic carbocycles. The molecule has 1 fully saturated rings. The van der Waals surface area contributed by atoms with E-state index in [1.54, 1.807) is 37.4 Å². The fourth-order valence-corrected chi connectivity index (χ4v) is 5.69. The summed E-state index contributed by atoms with van der Waals surface area (Å²) in [5.74, 6) is -2.06. The van der Waals surface area contributed by atoms with Crippen LogP contribution in [-0.4, -0.2) is 57.9 Å². The maximum absolute atomic E-state index is 13.3. The van der Waals surface area contributed by atoms with Crippen LogP contribution in [0, 0.1) is 10.1 Å². The number of hydrogen-bond acceptors (Lipinski definition) is 9. The number of amides is 1. The molecule has 11 nitrogen and oxygen atoms in total. The number of carbonyl (C=O) groups is 3. The van der Waals surface area contributed by atoms with Gasteiger partial charge in [0.25, 0.3) is 5.69 Å². The summed E-state index contributed by atoms with van der Waals surface area (Å²) in [4.78, 5) is 50.0. The zero-order valence-corrected chi connectivity index (χ0v) is 22.8. The number of hydrogen-bond donors (Lipinski definition) is 1. The van der Waals surface area contributed by atoms with Crippen molar-refractivity contribution in [2.24, 2.45) is 0 Å². The Morgan fingerprint density at radius 3 is 2.17 bits per heavy atom. The number of aliphatic carboxylic acids is 1. The molecule has 0 aromatic heterocycles. The lowest BCUT2D eigenvalue weighted by atomic mass is 10.1. The normalized spacial score (nSPS) is 17.8. The van der Waals surface area contributed by atoms with E-state index in [4.69, 9.17) is 14.2 Å². The average Bonchev–Trinajstić information content (AvgIpc) is 3.43. The van der Waals surface area contributed by atoms with Gasteiger partial charge in [0.2, 0.25) is 6.10 Å². The van der Waals surface area contributed by atoms with E-state index in [0.29, 0.717) is 11.1 Å². The first-order valence-corrected chi connectivity index (χ1v) is 13.6. The number of nitro benzene ring substituents is 1. The van der Waals surface area contributed by atoms with Crippen molar-refractivity contribution in [1.82, 2.24) is 4.90 Å². The molecule has 214 valence electrons. The van der Waals surface area contributed by atoms with Crippen molar-refractivity contribution in [3.8, 4) is 0 Å². The first-order valence-electron chi connectivity index (χ1n) is 12.6. The highest BCUT2D eigenvalue weighted by Crippen LogP contribution is 2.39. The molecule has 0 radical (unpaired) electrons. The van der Waals surface area contributed by atoms with Crippen LogP contribution in [-0.2, 0) is 30.4 Å². The summed E-state index contributed by atoms with van der Waals surface area (Å²) in [5.41, 5.74) is 1.28. The summed E-state index contributed by atoms with van der Waals surface area (Å²) in [6.45, 7) is -0.137. The number of carboxylic acid groups (broad SMARTS) is 1. The highest BCUT2D eigenvalue weighted by molar-refractivity contribution is 8.00. The van der Waals surface area contributed by atoms with Gasteiger partial charge in [0.05, 0.1) is 4.92 Å². The molecular weight excluding hydrogens is 552 g/mol. The number of esters is 1. The quantitative estimate of drug-likeness (QED) is 0.140. The number of rotatable bonds is 11. The molecule has 0 spiro atoms. The fourth-order valence-electron chi connectivity index (χ4n) is 4.38. The number of methoxy groups -OCH3 is 1. The number of carbonyl (C=O) groups excluding carboxylic acids is 2. The molecular formula is C29H28N2O9S. The zero-order chi connectivity index (χ0) is 29.4. The van der Waals surface area contributed by atoms with E-state index in [9.17, 15) is 29.6 Å². The molecule has 1 aliphatic rings. The van der Waals surface area contributed by atoms with Gasteiger partial charge in [0.15, 0.2) is 0 Å². The molecule has 1 saturated heterocycles. The second-order valence-electron chi connectivity index (χ2n) is 9.18. The summed E-state index contributed by atoms with van der Waals surface area (Å²) in [6.07, 6.45) is -2.25. The number of ether oxygens (including phenoxy) is 3. The minimum Gasteiger partial charge on any atom is -0.480 e. The number of nitrogens with zero attached hydrogens (tertiary/aromatic N) is 2. The lowest BCUT2D eigenvalue weighted by Gasteiger charge is -2.24. The lowest BCUT2D eigenvalue weighted by Crippen LogP contribution is -2.42. The smallest absolute Gasteiger partial charge is 0.411 e. The molecule has 0 saturated carbocycles. The third-order valence-electron chi connectivity index (χ3n) is 6.45. The van der Waals surface area contributed by atoms with Crippen molar-refractivity contribution in [3.05, 3.63) is 112 Å². The van der Waals surface area contributed by atoms with Gasteiger partial charge in [0.1, 0.15) is 18.1 Å². The van der Waals surface area contributed by atoms with Gasteiger partial charge in [-0.05, 0) is 29.7 Å². The van der Waals surface area contributed by atoms with Crippen LogP contribution >= 0.6 is 11.8 Å². The SMILES string of the molecule is COC(S[C@H]1C[C@@H](C(=O)O)N(C(=O)OC(C(=O)OCc2ccc([N+](=O)[O-])cc2)c2ccccc2)C1)c1ccccc1. The Labute approximate surface area is 240 Å². The second kappa shape index (κ2) is 13.8. The number of nitro groups is 1. The van der Waals surface area contributed by atoms with Crippen LogP contribution in [0.15, 0.2) is 84.9 Å². The molecule has 3 aromatic rings. The summed E-state index contributed by atoms with van der Waals surface area (Å²) in [7, 11) is 1.56. The summed E-state index contributed by atoms with van der Waals surface area (Å²) in [5, 5.41) is 20.5. The largest absolute Gasteiger partial charge is 0.480 e. The van der Waals surface area contributed by atoms with Crippen molar-refractivity contribution < 1.29 is 38.6 Å². The van der Waals surface area contributed by atoms with Crippen molar-refractivity contribution in [2.45, 2.75) is 35.9 Å². The van der Waals surface area contributed by atoms with Crippen LogP contribution in [0.5, 0.6) is 0 Å². The van der Waals surface area contributed by atoms with Crippen LogP contribution in [0.1, 0.15) is 34.7 Å². The third-order valence-corrected chi connectivity index (χ3v) is 7.89. The fraction of sp³-hybridized carbons (Fsp3) is 0.276. The number of likely N-dealkylation sites (tertiary alicyclic amines) is 1. The van der Waals surface area contributed by atoms with Crippen LogP contribution in [0.2, 0.25) is 0 Å². The molecule has 41 heavy (non-hydrogen) atoms. The van der Waals surface area contributed by atoms with E-state index in [1.165, 1.54) is 36.0 Å². The van der Waals surface area contributed by atoms with E-state index in [0.717, 1.165) is 10.5 Å². The molecule has 12 heteroatoms. The molecule has 1 N–H and O–H groups in total.